The number of likely N-dealkylation sites (N-methyl/N-ethyl adjacent to an activating group) is 1. The van der Waals surface area contributed by atoms with Gasteiger partial charge in [0.05, 0.1) is 40.0 Å². The van der Waals surface area contributed by atoms with Crippen LogP contribution in [0.1, 0.15) is 168 Å². The molecule has 0 saturated carbocycles. The predicted octanol–water partition coefficient (Wildman–Crippen LogP) is 9.52. The highest BCUT2D eigenvalue weighted by Gasteiger charge is 2.27. The molecule has 1 unspecified atom stereocenters. The van der Waals surface area contributed by atoms with E-state index in [1.54, 1.807) is 0 Å². The predicted molar refractivity (Wildman–Crippen MR) is 218 cm³/mol. The zero-order chi connectivity index (χ0) is 40.3. The van der Waals surface area contributed by atoms with E-state index in [9.17, 15) is 29.3 Å². The largest absolute Gasteiger partial charge is 0.472 e. The van der Waals surface area contributed by atoms with Gasteiger partial charge in [-0.2, -0.15) is 0 Å². The molecule has 0 rings (SSSR count). The van der Waals surface area contributed by atoms with Gasteiger partial charge in [-0.05, 0) is 64.2 Å². The molecule has 0 radical (unpaired) electrons. The van der Waals surface area contributed by atoms with Gasteiger partial charge in [-0.3, -0.25) is 18.6 Å². The van der Waals surface area contributed by atoms with Crippen LogP contribution in [0.25, 0.3) is 0 Å². The monoisotopic (exact) mass is 791 g/mol. The second kappa shape index (κ2) is 34.6. The fourth-order valence-electron chi connectivity index (χ4n) is 5.62. The van der Waals surface area contributed by atoms with Crippen molar-refractivity contribution in [3.8, 4) is 0 Å². The first-order valence-electron chi connectivity index (χ1n) is 21.2. The molecule has 54 heavy (non-hydrogen) atoms. The number of nitrogens with zero attached hydrogens (tertiary/aromatic N) is 1. The van der Waals surface area contributed by atoms with Crippen molar-refractivity contribution < 1.29 is 52.3 Å². The zero-order valence-corrected chi connectivity index (χ0v) is 35.8. The first-order chi connectivity index (χ1) is 25.8. The molecule has 0 aliphatic carbocycles. The summed E-state index contributed by atoms with van der Waals surface area (Å²) in [5, 5.41) is 20.4. The Balaban J connectivity index is 4.51. The number of rotatable bonds is 38. The van der Waals surface area contributed by atoms with Gasteiger partial charge in [0.25, 0.3) is 0 Å². The number of quaternary nitrogens is 1. The quantitative estimate of drug-likeness (QED) is 0.0182. The Labute approximate surface area is 329 Å². The zero-order valence-electron chi connectivity index (χ0n) is 34.9. The van der Waals surface area contributed by atoms with Gasteiger partial charge >= 0.3 is 19.8 Å². The summed E-state index contributed by atoms with van der Waals surface area (Å²) in [6.07, 6.45) is 28.2. The maximum absolute atomic E-state index is 12.6. The summed E-state index contributed by atoms with van der Waals surface area (Å²) < 4.78 is 34.1. The lowest BCUT2D eigenvalue weighted by molar-refractivity contribution is -0.870. The van der Waals surface area contributed by atoms with Crippen LogP contribution in [0.4, 0.5) is 0 Å². The van der Waals surface area contributed by atoms with Crippen molar-refractivity contribution in [2.45, 2.75) is 186 Å². The number of esters is 2. The molecule has 0 aromatic rings. The van der Waals surface area contributed by atoms with E-state index >= 15 is 0 Å². The van der Waals surface area contributed by atoms with Crippen molar-refractivity contribution in [2.75, 3.05) is 47.5 Å². The molecule has 0 saturated heterocycles. The molecule has 0 aliphatic rings. The maximum Gasteiger partial charge on any atom is 0.472 e. The Morgan fingerprint density at radius 2 is 1.13 bits per heavy atom. The number of carbonyl (C=O) groups excluding carboxylic acids is 2. The summed E-state index contributed by atoms with van der Waals surface area (Å²) in [4.78, 5) is 35.3. The smallest absolute Gasteiger partial charge is 0.462 e. The van der Waals surface area contributed by atoms with Gasteiger partial charge in [-0.25, -0.2) is 4.57 Å². The third-order valence-corrected chi connectivity index (χ3v) is 10.1. The minimum absolute atomic E-state index is 0.00540. The van der Waals surface area contributed by atoms with E-state index in [4.69, 9.17) is 18.5 Å². The van der Waals surface area contributed by atoms with E-state index in [0.717, 1.165) is 77.0 Å². The van der Waals surface area contributed by atoms with Gasteiger partial charge in [0.1, 0.15) is 19.8 Å². The molecule has 0 aromatic carbocycles. The minimum atomic E-state index is -4.41. The second-order valence-corrected chi connectivity index (χ2v) is 17.1. The van der Waals surface area contributed by atoms with Crippen LogP contribution in [-0.4, -0.2) is 97.3 Å². The number of phosphoric ester groups is 1. The Morgan fingerprint density at radius 1 is 0.630 bits per heavy atom. The van der Waals surface area contributed by atoms with E-state index < -0.39 is 44.7 Å². The Bertz CT molecular complexity index is 1020. The fraction of sp³-hybridized carbons (Fsp3) is 0.857. The molecule has 4 atom stereocenters. The number of unbranched alkanes of at least 4 members (excludes halogenated alkanes) is 16. The van der Waals surface area contributed by atoms with Crippen LogP contribution in [0.5, 0.6) is 0 Å². The van der Waals surface area contributed by atoms with Crippen molar-refractivity contribution in [3.05, 3.63) is 24.3 Å². The fourth-order valence-corrected chi connectivity index (χ4v) is 6.36. The Hall–Kier alpha value is -1.59. The van der Waals surface area contributed by atoms with Crippen LogP contribution < -0.4 is 0 Å². The number of aliphatic hydroxyl groups is 2. The lowest BCUT2D eigenvalue weighted by Gasteiger charge is -2.24. The number of hydrogen-bond donors (Lipinski definition) is 3. The van der Waals surface area contributed by atoms with E-state index in [-0.39, 0.29) is 26.1 Å². The highest BCUT2D eigenvalue weighted by molar-refractivity contribution is 7.47. The highest BCUT2D eigenvalue weighted by atomic mass is 31.2. The molecule has 0 aromatic heterocycles. The van der Waals surface area contributed by atoms with Gasteiger partial charge in [-0.15, -0.1) is 0 Å². The van der Waals surface area contributed by atoms with Gasteiger partial charge < -0.3 is 29.1 Å². The first-order valence-corrected chi connectivity index (χ1v) is 22.7. The first kappa shape index (κ1) is 52.4. The van der Waals surface area contributed by atoms with E-state index in [1.807, 2.05) is 27.2 Å². The van der Waals surface area contributed by atoms with E-state index in [2.05, 4.69) is 32.1 Å². The number of carbonyl (C=O) groups is 2. The van der Waals surface area contributed by atoms with E-state index in [1.165, 1.54) is 38.5 Å². The molecule has 0 fully saturated rings. The van der Waals surface area contributed by atoms with Crippen molar-refractivity contribution in [1.82, 2.24) is 0 Å². The molecular formula is C42H81NO10P+. The molecule has 11 nitrogen and oxygen atoms in total. The Kier molecular flexibility index (Phi) is 33.6. The van der Waals surface area contributed by atoms with Crippen LogP contribution >= 0.6 is 7.82 Å². The molecule has 318 valence electrons. The van der Waals surface area contributed by atoms with Crippen LogP contribution in [0.3, 0.4) is 0 Å². The number of allylic oxidation sites excluding steroid dienone is 3. The third kappa shape index (κ3) is 36.1. The lowest BCUT2D eigenvalue weighted by atomic mass is 10.0. The highest BCUT2D eigenvalue weighted by Crippen LogP contribution is 2.43. The number of phosphoric acid groups is 1. The van der Waals surface area contributed by atoms with Crippen molar-refractivity contribution in [3.63, 3.8) is 0 Å². The average Bonchev–Trinajstić information content (AvgIpc) is 3.11. The molecule has 0 aliphatic heterocycles. The third-order valence-electron chi connectivity index (χ3n) is 9.15. The topological polar surface area (TPSA) is 149 Å². The van der Waals surface area contributed by atoms with Crippen LogP contribution in [0.15, 0.2) is 24.3 Å². The second-order valence-electron chi connectivity index (χ2n) is 15.7. The standard InChI is InChI=1S/C42H80NO10P/c1-6-8-10-12-14-15-16-17-18-19-20-24-29-33-42(47)53-38(37-52-54(48,49)51-35-34-43(3,4)5)36-50-41(46)32-28-25-21-23-27-31-40(45)39(44)30-26-22-13-11-9-7-2/h15-16,22,26,38-40,44-45H,6-14,17-21,23-25,27-37H2,1-5H3/p+1/b16-15-,26-22-/t38-,39-,40-/m1/s1. The van der Waals surface area contributed by atoms with Crippen LogP contribution in [0, 0.1) is 0 Å². The van der Waals surface area contributed by atoms with Crippen LogP contribution in [-0.2, 0) is 32.7 Å². The van der Waals surface area contributed by atoms with Gasteiger partial charge in [-0.1, -0.05) is 115 Å². The van der Waals surface area contributed by atoms with Gasteiger partial charge in [0.15, 0.2) is 6.10 Å². The summed E-state index contributed by atoms with van der Waals surface area (Å²) >= 11 is 0. The van der Waals surface area contributed by atoms with Gasteiger partial charge in [0.2, 0.25) is 0 Å². The summed E-state index contributed by atoms with van der Waals surface area (Å²) in [5.41, 5.74) is 0. The van der Waals surface area contributed by atoms with Crippen molar-refractivity contribution in [1.29, 1.82) is 0 Å². The Morgan fingerprint density at radius 3 is 1.74 bits per heavy atom. The molecular weight excluding hydrogens is 709 g/mol. The number of ether oxygens (including phenoxy) is 2. The van der Waals surface area contributed by atoms with Crippen molar-refractivity contribution >= 4 is 19.8 Å². The molecule has 0 amide bonds. The number of hydrogen-bond acceptors (Lipinski definition) is 9. The summed E-state index contributed by atoms with van der Waals surface area (Å²) in [6, 6.07) is 0. The summed E-state index contributed by atoms with van der Waals surface area (Å²) in [6.45, 7) is 4.15. The van der Waals surface area contributed by atoms with E-state index in [0.29, 0.717) is 36.7 Å². The summed E-state index contributed by atoms with van der Waals surface area (Å²) in [5.74, 6) is -0.920. The maximum atomic E-state index is 12.6. The van der Waals surface area contributed by atoms with Gasteiger partial charge in [0, 0.05) is 12.8 Å². The lowest BCUT2D eigenvalue weighted by Crippen LogP contribution is -2.37. The molecule has 0 bridgehead atoms. The summed E-state index contributed by atoms with van der Waals surface area (Å²) in [7, 11) is 1.38. The van der Waals surface area contributed by atoms with Crippen molar-refractivity contribution in [2.24, 2.45) is 0 Å². The SMILES string of the molecule is CCCCC/C=C\C[C@@H](O)[C@H](O)CCCCCCCC(=O)OC[C@H](COP(=O)(O)OCC[N+](C)(C)C)OC(=O)CCCCCCC/C=C\CCCCCC. The molecule has 12 heteroatoms. The normalized spacial score (nSPS) is 15.0. The molecule has 3 N–H and O–H groups in total. The number of aliphatic hydroxyl groups excluding tert-OH is 2. The molecule has 0 heterocycles. The molecule has 0 spiro atoms. The average molecular weight is 791 g/mol. The van der Waals surface area contributed by atoms with Crippen LogP contribution in [0.2, 0.25) is 0 Å². The minimum Gasteiger partial charge on any atom is -0.462 e.